The zero-order chi connectivity index (χ0) is 11.8. The summed E-state index contributed by atoms with van der Waals surface area (Å²) in [5.74, 6) is -0.310. The van der Waals surface area contributed by atoms with Gasteiger partial charge in [-0.05, 0) is 20.8 Å². The summed E-state index contributed by atoms with van der Waals surface area (Å²) in [5, 5.41) is 2.73. The molecule has 0 aromatic heterocycles. The summed E-state index contributed by atoms with van der Waals surface area (Å²) in [6.45, 7) is 6.21. The van der Waals surface area contributed by atoms with E-state index in [2.05, 4.69) is 5.32 Å². The predicted octanol–water partition coefficient (Wildman–Crippen LogP) is 0.00590. The minimum Gasteiger partial charge on any atom is -0.375 e. The van der Waals surface area contributed by atoms with Crippen molar-refractivity contribution < 1.29 is 14.3 Å². The molecule has 0 aliphatic rings. The predicted molar refractivity (Wildman–Crippen MR) is 57.4 cm³/mol. The number of likely N-dealkylation sites (N-methyl/N-ethyl adjacent to an activating group) is 1. The lowest BCUT2D eigenvalue weighted by atomic mass is 10.3. The average Bonchev–Trinajstić information content (AvgIpc) is 2.13. The molecule has 5 nitrogen and oxygen atoms in total. The second-order valence-electron chi connectivity index (χ2n) is 3.56. The van der Waals surface area contributed by atoms with Crippen LogP contribution in [0.4, 0.5) is 0 Å². The molecule has 1 N–H and O–H groups in total. The van der Waals surface area contributed by atoms with Crippen molar-refractivity contribution in [3.63, 3.8) is 0 Å². The number of nitrogens with zero attached hydrogens (tertiary/aromatic N) is 1. The standard InChI is InChI=1S/C10H20N2O3/c1-5-12(10(14)7-15-4)6-9(13)11-8(2)3/h8H,5-7H2,1-4H3,(H,11,13). The van der Waals surface area contributed by atoms with Gasteiger partial charge in [0, 0.05) is 19.7 Å². The van der Waals surface area contributed by atoms with Gasteiger partial charge in [-0.15, -0.1) is 0 Å². The third kappa shape index (κ3) is 6.06. The first-order valence-electron chi connectivity index (χ1n) is 5.07. The molecular formula is C10H20N2O3. The maximum Gasteiger partial charge on any atom is 0.249 e. The number of amides is 2. The summed E-state index contributed by atoms with van der Waals surface area (Å²) >= 11 is 0. The molecule has 0 heterocycles. The van der Waals surface area contributed by atoms with Gasteiger partial charge in [-0.25, -0.2) is 0 Å². The van der Waals surface area contributed by atoms with E-state index in [9.17, 15) is 9.59 Å². The summed E-state index contributed by atoms with van der Waals surface area (Å²) in [7, 11) is 1.46. The van der Waals surface area contributed by atoms with Crippen LogP contribution in [-0.4, -0.2) is 49.6 Å². The van der Waals surface area contributed by atoms with Crippen LogP contribution in [0.5, 0.6) is 0 Å². The van der Waals surface area contributed by atoms with E-state index in [4.69, 9.17) is 4.74 Å². The van der Waals surface area contributed by atoms with E-state index >= 15 is 0 Å². The van der Waals surface area contributed by atoms with Gasteiger partial charge in [0.25, 0.3) is 0 Å². The molecule has 88 valence electrons. The first kappa shape index (κ1) is 13.9. The van der Waals surface area contributed by atoms with Crippen LogP contribution in [0.1, 0.15) is 20.8 Å². The fraction of sp³-hybridized carbons (Fsp3) is 0.800. The van der Waals surface area contributed by atoms with Crippen molar-refractivity contribution in [2.45, 2.75) is 26.8 Å². The lowest BCUT2D eigenvalue weighted by Crippen LogP contribution is -2.43. The largest absolute Gasteiger partial charge is 0.375 e. The van der Waals surface area contributed by atoms with E-state index in [0.29, 0.717) is 6.54 Å². The number of hydrogen-bond donors (Lipinski definition) is 1. The molecule has 0 radical (unpaired) electrons. The molecule has 0 unspecified atom stereocenters. The fourth-order valence-corrected chi connectivity index (χ4v) is 1.13. The van der Waals surface area contributed by atoms with E-state index in [1.54, 1.807) is 0 Å². The highest BCUT2D eigenvalue weighted by atomic mass is 16.5. The highest BCUT2D eigenvalue weighted by Crippen LogP contribution is 1.91. The quantitative estimate of drug-likeness (QED) is 0.680. The monoisotopic (exact) mass is 216 g/mol. The number of methoxy groups -OCH3 is 1. The second kappa shape index (κ2) is 7.23. The minimum atomic E-state index is -0.168. The number of ether oxygens (including phenoxy) is 1. The molecule has 0 aliphatic carbocycles. The number of carbonyl (C=O) groups excluding carboxylic acids is 2. The summed E-state index contributed by atoms with van der Waals surface area (Å²) in [5.41, 5.74) is 0. The van der Waals surface area contributed by atoms with Crippen LogP contribution >= 0.6 is 0 Å². The Balaban J connectivity index is 4.08. The molecule has 2 amide bonds. The molecule has 0 atom stereocenters. The Kier molecular flexibility index (Phi) is 6.70. The van der Waals surface area contributed by atoms with Crippen LogP contribution in [0.25, 0.3) is 0 Å². The van der Waals surface area contributed by atoms with Crippen LogP contribution in [0.15, 0.2) is 0 Å². The van der Waals surface area contributed by atoms with Crippen LogP contribution in [-0.2, 0) is 14.3 Å². The number of hydrogen-bond acceptors (Lipinski definition) is 3. The zero-order valence-corrected chi connectivity index (χ0v) is 9.87. The Morgan fingerprint density at radius 2 is 2.00 bits per heavy atom. The molecule has 5 heteroatoms. The van der Waals surface area contributed by atoms with Crippen LogP contribution in [0.2, 0.25) is 0 Å². The van der Waals surface area contributed by atoms with Crippen molar-refractivity contribution in [3.8, 4) is 0 Å². The van der Waals surface area contributed by atoms with Crippen molar-refractivity contribution >= 4 is 11.8 Å². The van der Waals surface area contributed by atoms with Crippen molar-refractivity contribution in [2.75, 3.05) is 26.8 Å². The van der Waals surface area contributed by atoms with Crippen LogP contribution in [0, 0.1) is 0 Å². The average molecular weight is 216 g/mol. The Hall–Kier alpha value is -1.10. The van der Waals surface area contributed by atoms with Gasteiger partial charge in [-0.3, -0.25) is 9.59 Å². The highest BCUT2D eigenvalue weighted by molar-refractivity contribution is 5.85. The molecule has 15 heavy (non-hydrogen) atoms. The summed E-state index contributed by atoms with van der Waals surface area (Å²) in [6.07, 6.45) is 0. The van der Waals surface area contributed by atoms with Crippen molar-refractivity contribution in [2.24, 2.45) is 0 Å². The zero-order valence-electron chi connectivity index (χ0n) is 9.87. The fourth-order valence-electron chi connectivity index (χ4n) is 1.13. The van der Waals surface area contributed by atoms with Gasteiger partial charge in [0.05, 0.1) is 6.54 Å². The van der Waals surface area contributed by atoms with Crippen LogP contribution in [0.3, 0.4) is 0 Å². The normalized spacial score (nSPS) is 10.2. The summed E-state index contributed by atoms with van der Waals surface area (Å²) in [4.78, 5) is 24.3. The van der Waals surface area contributed by atoms with Gasteiger partial charge in [0.15, 0.2) is 0 Å². The van der Waals surface area contributed by atoms with Gasteiger partial charge < -0.3 is 15.0 Å². The van der Waals surface area contributed by atoms with Gasteiger partial charge in [-0.2, -0.15) is 0 Å². The first-order chi connectivity index (χ1) is 7.01. The summed E-state index contributed by atoms with van der Waals surface area (Å²) in [6, 6.07) is 0.0914. The number of rotatable bonds is 6. The molecule has 0 aliphatic heterocycles. The lowest BCUT2D eigenvalue weighted by molar-refractivity contribution is -0.139. The van der Waals surface area contributed by atoms with E-state index < -0.39 is 0 Å². The minimum absolute atomic E-state index is 0.0167. The lowest BCUT2D eigenvalue weighted by Gasteiger charge is -2.20. The van der Waals surface area contributed by atoms with Crippen molar-refractivity contribution in [1.29, 1.82) is 0 Å². The van der Waals surface area contributed by atoms with Crippen molar-refractivity contribution in [3.05, 3.63) is 0 Å². The highest BCUT2D eigenvalue weighted by Gasteiger charge is 2.15. The topological polar surface area (TPSA) is 58.6 Å². The van der Waals surface area contributed by atoms with E-state index in [1.807, 2.05) is 20.8 Å². The maximum absolute atomic E-state index is 11.4. The Labute approximate surface area is 90.8 Å². The third-order valence-corrected chi connectivity index (χ3v) is 1.79. The molecule has 0 saturated carbocycles. The van der Waals surface area contributed by atoms with Gasteiger partial charge >= 0.3 is 0 Å². The number of nitrogens with one attached hydrogen (secondary N) is 1. The van der Waals surface area contributed by atoms with Gasteiger partial charge in [0.2, 0.25) is 11.8 Å². The molecule has 0 aromatic rings. The van der Waals surface area contributed by atoms with Gasteiger partial charge in [-0.1, -0.05) is 0 Å². The molecule has 0 aromatic carbocycles. The molecule has 0 bridgehead atoms. The van der Waals surface area contributed by atoms with E-state index in [-0.39, 0.29) is 31.0 Å². The Morgan fingerprint density at radius 3 is 2.40 bits per heavy atom. The Bertz CT molecular complexity index is 217. The van der Waals surface area contributed by atoms with Crippen molar-refractivity contribution in [1.82, 2.24) is 10.2 Å². The smallest absolute Gasteiger partial charge is 0.249 e. The molecule has 0 saturated heterocycles. The first-order valence-corrected chi connectivity index (χ1v) is 5.07. The molecule has 0 fully saturated rings. The van der Waals surface area contributed by atoms with Crippen LogP contribution < -0.4 is 5.32 Å². The SMILES string of the molecule is CCN(CC(=O)NC(C)C)C(=O)COC. The van der Waals surface area contributed by atoms with Gasteiger partial charge in [0.1, 0.15) is 6.61 Å². The molecule has 0 rings (SSSR count). The third-order valence-electron chi connectivity index (χ3n) is 1.79. The number of carbonyl (C=O) groups is 2. The van der Waals surface area contributed by atoms with E-state index in [0.717, 1.165) is 0 Å². The molecule has 0 spiro atoms. The Morgan fingerprint density at radius 1 is 1.40 bits per heavy atom. The summed E-state index contributed by atoms with van der Waals surface area (Å²) < 4.78 is 4.73. The maximum atomic E-state index is 11.4. The van der Waals surface area contributed by atoms with E-state index in [1.165, 1.54) is 12.0 Å². The second-order valence-corrected chi connectivity index (χ2v) is 3.56. The molecular weight excluding hydrogens is 196 g/mol.